The highest BCUT2D eigenvalue weighted by molar-refractivity contribution is 5.66. The molecule has 0 aliphatic carbocycles. The van der Waals surface area contributed by atoms with Crippen LogP contribution in [0.1, 0.15) is 36.9 Å². The van der Waals surface area contributed by atoms with Crippen LogP contribution >= 0.6 is 0 Å². The van der Waals surface area contributed by atoms with Gasteiger partial charge in [-0.3, -0.25) is 0 Å². The second-order valence-corrected chi connectivity index (χ2v) is 6.60. The van der Waals surface area contributed by atoms with Gasteiger partial charge >= 0.3 is 0 Å². The van der Waals surface area contributed by atoms with E-state index < -0.39 is 0 Å². The number of aryl methyl sites for hydroxylation is 2. The second-order valence-electron chi connectivity index (χ2n) is 6.60. The number of fused-ring (bicyclic) bond motifs is 1. The van der Waals surface area contributed by atoms with Gasteiger partial charge in [-0.15, -0.1) is 0 Å². The highest BCUT2D eigenvalue weighted by Crippen LogP contribution is 2.33. The first-order valence-electron chi connectivity index (χ1n) is 8.77. The Hall–Kier alpha value is -2.10. The number of nitrogens with zero attached hydrogens (tertiary/aromatic N) is 4. The first-order chi connectivity index (χ1) is 11.3. The van der Waals surface area contributed by atoms with Gasteiger partial charge in [0.05, 0.1) is 0 Å². The Bertz CT molecular complexity index is 692. The van der Waals surface area contributed by atoms with Crippen molar-refractivity contribution in [1.29, 1.82) is 0 Å². The van der Waals surface area contributed by atoms with Crippen molar-refractivity contribution >= 4 is 17.5 Å². The maximum atomic E-state index is 4.92. The molecule has 0 amide bonds. The van der Waals surface area contributed by atoms with Crippen LogP contribution in [0.3, 0.4) is 0 Å². The normalized spacial score (nSPS) is 18.0. The predicted molar refractivity (Wildman–Crippen MR) is 94.6 cm³/mol. The number of anilines is 3. The van der Waals surface area contributed by atoms with Crippen molar-refractivity contribution in [2.75, 3.05) is 29.4 Å². The SMILES string of the molecule is Cc1cc(N2CCCc3ccccc32)nc(N2CCCCC2)n1. The van der Waals surface area contributed by atoms with Gasteiger partial charge in [0.1, 0.15) is 5.82 Å². The number of benzene rings is 1. The molecule has 1 fully saturated rings. The van der Waals surface area contributed by atoms with E-state index in [0.717, 1.165) is 43.5 Å². The molecule has 0 bridgehead atoms. The van der Waals surface area contributed by atoms with Crippen LogP contribution in [0.5, 0.6) is 0 Å². The first kappa shape index (κ1) is 14.5. The van der Waals surface area contributed by atoms with Gasteiger partial charge in [0.2, 0.25) is 5.95 Å². The smallest absolute Gasteiger partial charge is 0.227 e. The Morgan fingerprint density at radius 1 is 0.913 bits per heavy atom. The Kier molecular flexibility index (Phi) is 3.90. The van der Waals surface area contributed by atoms with Gasteiger partial charge in [-0.25, -0.2) is 4.98 Å². The number of hydrogen-bond donors (Lipinski definition) is 0. The van der Waals surface area contributed by atoms with Crippen molar-refractivity contribution in [2.45, 2.75) is 39.0 Å². The van der Waals surface area contributed by atoms with Crippen molar-refractivity contribution in [1.82, 2.24) is 9.97 Å². The number of piperidine rings is 1. The summed E-state index contributed by atoms with van der Waals surface area (Å²) >= 11 is 0. The molecule has 2 aliphatic rings. The molecule has 23 heavy (non-hydrogen) atoms. The topological polar surface area (TPSA) is 32.3 Å². The van der Waals surface area contributed by atoms with Crippen LogP contribution in [0.25, 0.3) is 0 Å². The molecular weight excluding hydrogens is 284 g/mol. The zero-order valence-electron chi connectivity index (χ0n) is 13.8. The average molecular weight is 308 g/mol. The molecule has 3 heterocycles. The van der Waals surface area contributed by atoms with Crippen molar-refractivity contribution in [2.24, 2.45) is 0 Å². The van der Waals surface area contributed by atoms with E-state index in [1.54, 1.807) is 0 Å². The molecule has 0 spiro atoms. The van der Waals surface area contributed by atoms with E-state index in [9.17, 15) is 0 Å². The van der Waals surface area contributed by atoms with E-state index in [1.165, 1.54) is 36.9 Å². The highest BCUT2D eigenvalue weighted by atomic mass is 15.3. The lowest BCUT2D eigenvalue weighted by Crippen LogP contribution is -2.32. The highest BCUT2D eigenvalue weighted by Gasteiger charge is 2.21. The maximum absolute atomic E-state index is 4.92. The molecular formula is C19H24N4. The quantitative estimate of drug-likeness (QED) is 0.843. The van der Waals surface area contributed by atoms with Gasteiger partial charge in [0.15, 0.2) is 0 Å². The summed E-state index contributed by atoms with van der Waals surface area (Å²) in [6.07, 6.45) is 6.17. The molecule has 1 saturated heterocycles. The van der Waals surface area contributed by atoms with Crippen LogP contribution in [0, 0.1) is 6.92 Å². The summed E-state index contributed by atoms with van der Waals surface area (Å²) in [6, 6.07) is 10.8. The predicted octanol–water partition coefficient (Wildman–Crippen LogP) is 3.86. The Morgan fingerprint density at radius 3 is 2.61 bits per heavy atom. The minimum atomic E-state index is 0.905. The van der Waals surface area contributed by atoms with E-state index in [4.69, 9.17) is 9.97 Å². The molecule has 0 saturated carbocycles. The summed E-state index contributed by atoms with van der Waals surface area (Å²) in [4.78, 5) is 14.3. The van der Waals surface area contributed by atoms with Gasteiger partial charge in [-0.2, -0.15) is 4.98 Å². The van der Waals surface area contributed by atoms with Crippen LogP contribution in [0.15, 0.2) is 30.3 Å². The van der Waals surface area contributed by atoms with E-state index in [0.29, 0.717) is 0 Å². The molecule has 4 nitrogen and oxygen atoms in total. The first-order valence-corrected chi connectivity index (χ1v) is 8.77. The lowest BCUT2D eigenvalue weighted by atomic mass is 10.0. The lowest BCUT2D eigenvalue weighted by Gasteiger charge is -2.32. The molecule has 4 rings (SSSR count). The fourth-order valence-electron chi connectivity index (χ4n) is 3.68. The Morgan fingerprint density at radius 2 is 1.74 bits per heavy atom. The third kappa shape index (κ3) is 2.90. The maximum Gasteiger partial charge on any atom is 0.227 e. The van der Waals surface area contributed by atoms with Crippen LogP contribution < -0.4 is 9.80 Å². The zero-order valence-corrected chi connectivity index (χ0v) is 13.8. The van der Waals surface area contributed by atoms with Gasteiger partial charge in [0, 0.05) is 37.1 Å². The minimum Gasteiger partial charge on any atom is -0.341 e. The number of aromatic nitrogens is 2. The van der Waals surface area contributed by atoms with Gasteiger partial charge in [-0.1, -0.05) is 18.2 Å². The van der Waals surface area contributed by atoms with Crippen LogP contribution in [0.2, 0.25) is 0 Å². The molecule has 4 heteroatoms. The summed E-state index contributed by atoms with van der Waals surface area (Å²) < 4.78 is 0. The van der Waals surface area contributed by atoms with Gasteiger partial charge in [0.25, 0.3) is 0 Å². The minimum absolute atomic E-state index is 0.905. The van der Waals surface area contributed by atoms with E-state index in [-0.39, 0.29) is 0 Å². The molecule has 0 N–H and O–H groups in total. The molecule has 1 aromatic heterocycles. The Labute approximate surface area is 138 Å². The third-order valence-corrected chi connectivity index (χ3v) is 4.85. The van der Waals surface area contributed by atoms with Crippen LogP contribution in [-0.4, -0.2) is 29.6 Å². The molecule has 0 atom stereocenters. The molecule has 0 radical (unpaired) electrons. The number of para-hydroxylation sites is 1. The molecule has 0 unspecified atom stereocenters. The van der Waals surface area contributed by atoms with Crippen molar-refractivity contribution in [3.05, 3.63) is 41.6 Å². The van der Waals surface area contributed by atoms with Crippen molar-refractivity contribution < 1.29 is 0 Å². The summed E-state index contributed by atoms with van der Waals surface area (Å²) in [7, 11) is 0. The van der Waals surface area contributed by atoms with Gasteiger partial charge < -0.3 is 9.80 Å². The van der Waals surface area contributed by atoms with Crippen molar-refractivity contribution in [3.8, 4) is 0 Å². The molecule has 2 aromatic rings. The Balaban J connectivity index is 1.71. The van der Waals surface area contributed by atoms with E-state index in [1.807, 2.05) is 0 Å². The largest absolute Gasteiger partial charge is 0.341 e. The lowest BCUT2D eigenvalue weighted by molar-refractivity contribution is 0.567. The average Bonchev–Trinajstić information content (AvgIpc) is 2.61. The number of hydrogen-bond acceptors (Lipinski definition) is 4. The zero-order chi connectivity index (χ0) is 15.6. The standard InChI is InChI=1S/C19H24N4/c1-15-14-18(21-19(20-15)22-11-5-2-6-12-22)23-13-7-9-16-8-3-4-10-17(16)23/h3-4,8,10,14H,2,5-7,9,11-13H2,1H3. The van der Waals surface area contributed by atoms with Crippen LogP contribution in [0.4, 0.5) is 17.5 Å². The third-order valence-electron chi connectivity index (χ3n) is 4.85. The molecule has 1 aromatic carbocycles. The monoisotopic (exact) mass is 308 g/mol. The molecule has 2 aliphatic heterocycles. The fourth-order valence-corrected chi connectivity index (χ4v) is 3.68. The number of rotatable bonds is 2. The summed E-state index contributed by atoms with van der Waals surface area (Å²) in [5.41, 5.74) is 3.79. The summed E-state index contributed by atoms with van der Waals surface area (Å²) in [5.74, 6) is 1.95. The second kappa shape index (κ2) is 6.19. The van der Waals surface area contributed by atoms with Gasteiger partial charge in [-0.05, 0) is 50.7 Å². The van der Waals surface area contributed by atoms with E-state index >= 15 is 0 Å². The van der Waals surface area contributed by atoms with Crippen LogP contribution in [-0.2, 0) is 6.42 Å². The summed E-state index contributed by atoms with van der Waals surface area (Å²) in [6.45, 7) is 5.28. The summed E-state index contributed by atoms with van der Waals surface area (Å²) in [5, 5.41) is 0. The molecule has 120 valence electrons. The van der Waals surface area contributed by atoms with Crippen molar-refractivity contribution in [3.63, 3.8) is 0 Å². The van der Waals surface area contributed by atoms with E-state index in [2.05, 4.69) is 47.1 Å². The fraction of sp³-hybridized carbons (Fsp3) is 0.474.